The maximum atomic E-state index is 10.6. The van der Waals surface area contributed by atoms with Crippen LogP contribution >= 0.6 is 12.2 Å². The summed E-state index contributed by atoms with van der Waals surface area (Å²) in [7, 11) is 0. The molecule has 4 heteroatoms. The van der Waals surface area contributed by atoms with Crippen LogP contribution in [0.2, 0.25) is 0 Å². The lowest BCUT2D eigenvalue weighted by Gasteiger charge is -2.00. The molecule has 10 heavy (non-hydrogen) atoms. The van der Waals surface area contributed by atoms with Crippen molar-refractivity contribution in [3.8, 4) is 0 Å². The van der Waals surface area contributed by atoms with Gasteiger partial charge in [0.05, 0.1) is 0 Å². The lowest BCUT2D eigenvalue weighted by Crippen LogP contribution is -2.36. The number of urea groups is 1. The highest BCUT2D eigenvalue weighted by Gasteiger charge is 1.92. The maximum absolute atomic E-state index is 10.6. The molecule has 0 saturated carbocycles. The Morgan fingerprint density at radius 3 is 2.60 bits per heavy atom. The highest BCUT2D eigenvalue weighted by molar-refractivity contribution is 7.79. The van der Waals surface area contributed by atoms with Crippen molar-refractivity contribution < 1.29 is 4.79 Å². The van der Waals surface area contributed by atoms with Crippen LogP contribution in [0.4, 0.5) is 4.79 Å². The Kier molecular flexibility index (Phi) is 5.66. The second-order valence-electron chi connectivity index (χ2n) is 1.55. The first-order valence-corrected chi connectivity index (χ1v) is 3.34. The van der Waals surface area contributed by atoms with Gasteiger partial charge in [-0.25, -0.2) is 4.79 Å². The fraction of sp³-hybridized carbons (Fsp3) is 0.333. The highest BCUT2D eigenvalue weighted by atomic mass is 32.1. The molecule has 0 bridgehead atoms. The Morgan fingerprint density at radius 2 is 2.10 bits per heavy atom. The van der Waals surface area contributed by atoms with Gasteiger partial charge in [0.25, 0.3) is 0 Å². The number of nitrogens with one attached hydrogen (secondary N) is 2. The molecule has 0 fully saturated rings. The van der Waals surface area contributed by atoms with Crippen molar-refractivity contribution >= 4 is 23.6 Å². The molecule has 0 heterocycles. The zero-order chi connectivity index (χ0) is 7.82. The monoisotopic (exact) mass is 158 g/mol. The number of hydrogen-bond donors (Lipinski definition) is 2. The van der Waals surface area contributed by atoms with E-state index in [4.69, 9.17) is 0 Å². The number of thiocarbonyl (C=S) groups is 1. The first-order chi connectivity index (χ1) is 4.81. The van der Waals surface area contributed by atoms with Gasteiger partial charge in [0, 0.05) is 13.1 Å². The van der Waals surface area contributed by atoms with E-state index in [1.165, 1.54) is 5.37 Å². The minimum Gasteiger partial charge on any atom is -0.335 e. The van der Waals surface area contributed by atoms with Gasteiger partial charge in [-0.15, -0.1) is 6.58 Å². The van der Waals surface area contributed by atoms with Crippen molar-refractivity contribution in [3.05, 3.63) is 12.7 Å². The van der Waals surface area contributed by atoms with E-state index in [0.717, 1.165) is 0 Å². The number of hydrogen-bond acceptors (Lipinski definition) is 2. The zero-order valence-electron chi connectivity index (χ0n) is 5.59. The van der Waals surface area contributed by atoms with Crippen molar-refractivity contribution in [1.82, 2.24) is 10.6 Å². The first-order valence-electron chi connectivity index (χ1n) is 2.87. The van der Waals surface area contributed by atoms with Crippen LogP contribution in [-0.4, -0.2) is 24.5 Å². The van der Waals surface area contributed by atoms with Crippen LogP contribution in [-0.2, 0) is 0 Å². The standard InChI is InChI=1S/C6H10N2OS/c1-2-3-7-6(9)8-4-5-10/h2,5H,1,3-4H2,(H2,7,8,9). The average molecular weight is 158 g/mol. The molecule has 0 aliphatic rings. The van der Waals surface area contributed by atoms with Crippen molar-refractivity contribution in [1.29, 1.82) is 0 Å². The first kappa shape index (κ1) is 9.10. The molecule has 0 spiro atoms. The summed E-state index contributed by atoms with van der Waals surface area (Å²) in [6.07, 6.45) is 1.61. The van der Waals surface area contributed by atoms with Gasteiger partial charge >= 0.3 is 6.03 Å². The van der Waals surface area contributed by atoms with E-state index < -0.39 is 0 Å². The topological polar surface area (TPSA) is 41.1 Å². The number of carbonyl (C=O) groups excluding carboxylic acids is 1. The van der Waals surface area contributed by atoms with Gasteiger partial charge in [-0.1, -0.05) is 18.3 Å². The van der Waals surface area contributed by atoms with Crippen LogP contribution in [0.1, 0.15) is 0 Å². The minimum atomic E-state index is -0.221. The largest absolute Gasteiger partial charge is 0.335 e. The van der Waals surface area contributed by atoms with E-state index in [1.807, 2.05) is 0 Å². The lowest BCUT2D eigenvalue weighted by molar-refractivity contribution is 0.243. The van der Waals surface area contributed by atoms with Crippen LogP contribution < -0.4 is 10.6 Å². The second-order valence-corrected chi connectivity index (χ2v) is 1.88. The predicted octanol–water partition coefficient (Wildman–Crippen LogP) is 0.471. The molecule has 0 aliphatic heterocycles. The Hall–Kier alpha value is -0.900. The van der Waals surface area contributed by atoms with Gasteiger partial charge in [-0.05, 0) is 5.37 Å². The summed E-state index contributed by atoms with van der Waals surface area (Å²) in [6.45, 7) is 4.33. The SMILES string of the molecule is C=CCNC(=O)NCC=S. The molecule has 0 aliphatic carbocycles. The van der Waals surface area contributed by atoms with E-state index in [9.17, 15) is 4.79 Å². The summed E-state index contributed by atoms with van der Waals surface area (Å²) in [6, 6.07) is -0.221. The van der Waals surface area contributed by atoms with Gasteiger partial charge < -0.3 is 10.6 Å². The van der Waals surface area contributed by atoms with E-state index in [2.05, 4.69) is 29.4 Å². The van der Waals surface area contributed by atoms with Gasteiger partial charge in [-0.3, -0.25) is 0 Å². The van der Waals surface area contributed by atoms with Crippen LogP contribution in [0.5, 0.6) is 0 Å². The van der Waals surface area contributed by atoms with Crippen LogP contribution in [0.25, 0.3) is 0 Å². The van der Waals surface area contributed by atoms with E-state index in [1.54, 1.807) is 6.08 Å². The van der Waals surface area contributed by atoms with Gasteiger partial charge in [0.15, 0.2) is 0 Å². The highest BCUT2D eigenvalue weighted by Crippen LogP contribution is 1.63. The normalized spacial score (nSPS) is 8.00. The molecule has 0 saturated heterocycles. The Labute approximate surface area is 65.5 Å². The number of amides is 2. The second kappa shape index (κ2) is 6.22. The average Bonchev–Trinajstić information content (AvgIpc) is 1.97. The molecule has 56 valence electrons. The third kappa shape index (κ3) is 5.24. The summed E-state index contributed by atoms with van der Waals surface area (Å²) in [5.74, 6) is 0. The maximum Gasteiger partial charge on any atom is 0.315 e. The third-order valence-corrected chi connectivity index (χ3v) is 0.920. The molecule has 2 amide bonds. The van der Waals surface area contributed by atoms with Crippen molar-refractivity contribution in [2.45, 2.75) is 0 Å². The minimum absolute atomic E-state index is 0.221. The van der Waals surface area contributed by atoms with Crippen molar-refractivity contribution in [2.24, 2.45) is 0 Å². The van der Waals surface area contributed by atoms with Crippen LogP contribution in [0.3, 0.4) is 0 Å². The van der Waals surface area contributed by atoms with Gasteiger partial charge in [0.2, 0.25) is 0 Å². The van der Waals surface area contributed by atoms with Crippen molar-refractivity contribution in [2.75, 3.05) is 13.1 Å². The molecule has 0 aromatic heterocycles. The Bertz CT molecular complexity index is 122. The van der Waals surface area contributed by atoms with Crippen molar-refractivity contribution in [3.63, 3.8) is 0 Å². The number of carbonyl (C=O) groups is 1. The molecule has 0 rings (SSSR count). The fourth-order valence-electron chi connectivity index (χ4n) is 0.362. The Morgan fingerprint density at radius 1 is 1.50 bits per heavy atom. The van der Waals surface area contributed by atoms with Gasteiger partial charge in [-0.2, -0.15) is 0 Å². The molecule has 0 aromatic rings. The van der Waals surface area contributed by atoms with E-state index >= 15 is 0 Å². The van der Waals surface area contributed by atoms with E-state index in [0.29, 0.717) is 13.1 Å². The fourth-order valence-corrected chi connectivity index (χ4v) is 0.445. The zero-order valence-corrected chi connectivity index (χ0v) is 6.41. The lowest BCUT2D eigenvalue weighted by atomic mass is 10.6. The summed E-state index contributed by atoms with van der Waals surface area (Å²) in [5.41, 5.74) is 0. The molecular formula is C6H10N2OS. The molecule has 0 unspecified atom stereocenters. The summed E-state index contributed by atoms with van der Waals surface area (Å²) < 4.78 is 0. The van der Waals surface area contributed by atoms with Crippen LogP contribution in [0.15, 0.2) is 12.7 Å². The predicted molar refractivity (Wildman–Crippen MR) is 45.3 cm³/mol. The quantitative estimate of drug-likeness (QED) is 0.461. The smallest absolute Gasteiger partial charge is 0.315 e. The summed E-state index contributed by atoms with van der Waals surface area (Å²) in [4.78, 5) is 10.6. The molecular weight excluding hydrogens is 148 g/mol. The van der Waals surface area contributed by atoms with Gasteiger partial charge in [0.1, 0.15) is 0 Å². The number of rotatable bonds is 4. The molecule has 0 aromatic carbocycles. The molecule has 0 atom stereocenters. The summed E-state index contributed by atoms with van der Waals surface area (Å²) >= 11 is 4.50. The third-order valence-electron chi connectivity index (χ3n) is 0.753. The summed E-state index contributed by atoms with van der Waals surface area (Å²) in [5, 5.41) is 6.49. The van der Waals surface area contributed by atoms with Crippen LogP contribution in [0, 0.1) is 0 Å². The van der Waals surface area contributed by atoms with E-state index in [-0.39, 0.29) is 6.03 Å². The molecule has 2 N–H and O–H groups in total. The Balaban J connectivity index is 3.24. The molecule has 0 radical (unpaired) electrons. The molecule has 3 nitrogen and oxygen atoms in total.